The SMILES string of the molecule is CN(CCNC(C)(C)C)CC1CC2CC2C1. The fourth-order valence-electron chi connectivity index (χ4n) is 3.14. The van der Waals surface area contributed by atoms with Gasteiger partial charge in [-0.15, -0.1) is 0 Å². The van der Waals surface area contributed by atoms with Gasteiger partial charge in [0, 0.05) is 25.2 Å². The summed E-state index contributed by atoms with van der Waals surface area (Å²) in [6.45, 7) is 10.3. The molecule has 16 heavy (non-hydrogen) atoms. The Morgan fingerprint density at radius 1 is 1.12 bits per heavy atom. The van der Waals surface area contributed by atoms with Crippen LogP contribution < -0.4 is 5.32 Å². The Bertz CT molecular complexity index is 221. The molecule has 2 aliphatic carbocycles. The molecule has 0 saturated heterocycles. The van der Waals surface area contributed by atoms with E-state index in [2.05, 4.69) is 38.0 Å². The van der Waals surface area contributed by atoms with Crippen LogP contribution in [-0.2, 0) is 0 Å². The largest absolute Gasteiger partial charge is 0.311 e. The van der Waals surface area contributed by atoms with Crippen molar-refractivity contribution in [3.05, 3.63) is 0 Å². The number of hydrogen-bond donors (Lipinski definition) is 1. The lowest BCUT2D eigenvalue weighted by Gasteiger charge is -2.25. The minimum Gasteiger partial charge on any atom is -0.311 e. The topological polar surface area (TPSA) is 15.3 Å². The zero-order chi connectivity index (χ0) is 11.8. The molecule has 0 aromatic carbocycles. The lowest BCUT2D eigenvalue weighted by atomic mass is 10.0. The molecular weight excluding hydrogens is 196 g/mol. The molecule has 0 aromatic rings. The van der Waals surface area contributed by atoms with Crippen molar-refractivity contribution in [3.63, 3.8) is 0 Å². The van der Waals surface area contributed by atoms with E-state index in [4.69, 9.17) is 0 Å². The lowest BCUT2D eigenvalue weighted by molar-refractivity contribution is 0.258. The van der Waals surface area contributed by atoms with Crippen LogP contribution in [0.3, 0.4) is 0 Å². The third-order valence-corrected chi connectivity index (χ3v) is 4.06. The van der Waals surface area contributed by atoms with E-state index in [-0.39, 0.29) is 5.54 Å². The monoisotopic (exact) mass is 224 g/mol. The van der Waals surface area contributed by atoms with Gasteiger partial charge >= 0.3 is 0 Å². The van der Waals surface area contributed by atoms with Crippen molar-refractivity contribution >= 4 is 0 Å². The third kappa shape index (κ3) is 3.74. The summed E-state index contributed by atoms with van der Waals surface area (Å²) in [6.07, 6.45) is 4.58. The van der Waals surface area contributed by atoms with Crippen molar-refractivity contribution in [2.45, 2.75) is 45.6 Å². The summed E-state index contributed by atoms with van der Waals surface area (Å²) in [4.78, 5) is 2.51. The number of likely N-dealkylation sites (N-methyl/N-ethyl adjacent to an activating group) is 1. The van der Waals surface area contributed by atoms with Crippen LogP contribution in [0.15, 0.2) is 0 Å². The minimum atomic E-state index is 0.260. The molecule has 0 bridgehead atoms. The zero-order valence-corrected chi connectivity index (χ0v) is 11.4. The zero-order valence-electron chi connectivity index (χ0n) is 11.4. The predicted octanol–water partition coefficient (Wildman–Crippen LogP) is 2.35. The molecule has 1 N–H and O–H groups in total. The fraction of sp³-hybridized carbons (Fsp3) is 1.00. The Kier molecular flexibility index (Phi) is 3.60. The van der Waals surface area contributed by atoms with Crippen LogP contribution in [-0.4, -0.2) is 37.1 Å². The molecule has 2 unspecified atom stereocenters. The van der Waals surface area contributed by atoms with Gasteiger partial charge in [-0.05, 0) is 64.8 Å². The first kappa shape index (κ1) is 12.4. The molecule has 0 heterocycles. The molecule has 2 rings (SSSR count). The van der Waals surface area contributed by atoms with Crippen molar-refractivity contribution in [2.75, 3.05) is 26.7 Å². The second kappa shape index (κ2) is 4.66. The quantitative estimate of drug-likeness (QED) is 0.771. The molecule has 2 aliphatic rings. The standard InChI is InChI=1S/C14H28N2/c1-14(2,3)15-5-6-16(4)10-11-7-12-9-13(12)8-11/h11-13,15H,5-10H2,1-4H3. The smallest absolute Gasteiger partial charge is 0.0104 e. The second-order valence-electron chi connectivity index (χ2n) is 7.03. The molecule has 0 amide bonds. The summed E-state index contributed by atoms with van der Waals surface area (Å²) < 4.78 is 0. The van der Waals surface area contributed by atoms with Gasteiger partial charge < -0.3 is 10.2 Å². The number of nitrogens with one attached hydrogen (secondary N) is 1. The van der Waals surface area contributed by atoms with Gasteiger partial charge in [-0.3, -0.25) is 0 Å². The molecule has 0 radical (unpaired) electrons. The highest BCUT2D eigenvalue weighted by Gasteiger charge is 2.45. The first-order chi connectivity index (χ1) is 7.44. The number of hydrogen-bond acceptors (Lipinski definition) is 2. The van der Waals surface area contributed by atoms with E-state index in [0.717, 1.165) is 24.3 Å². The summed E-state index contributed by atoms with van der Waals surface area (Å²) in [7, 11) is 2.27. The first-order valence-electron chi connectivity index (χ1n) is 6.87. The van der Waals surface area contributed by atoms with E-state index < -0.39 is 0 Å². The number of fused-ring (bicyclic) bond motifs is 1. The molecule has 94 valence electrons. The van der Waals surface area contributed by atoms with E-state index in [9.17, 15) is 0 Å². The molecule has 2 heteroatoms. The molecule has 0 spiro atoms. The van der Waals surface area contributed by atoms with Gasteiger partial charge in [0.25, 0.3) is 0 Å². The van der Waals surface area contributed by atoms with Gasteiger partial charge in [0.1, 0.15) is 0 Å². The van der Waals surface area contributed by atoms with E-state index in [1.807, 2.05) is 0 Å². The van der Waals surface area contributed by atoms with Crippen LogP contribution in [0.5, 0.6) is 0 Å². The molecule has 2 atom stereocenters. The Morgan fingerprint density at radius 3 is 2.31 bits per heavy atom. The van der Waals surface area contributed by atoms with Crippen molar-refractivity contribution in [1.82, 2.24) is 10.2 Å². The summed E-state index contributed by atoms with van der Waals surface area (Å²) in [5, 5.41) is 3.55. The van der Waals surface area contributed by atoms with Gasteiger partial charge in [-0.1, -0.05) is 0 Å². The van der Waals surface area contributed by atoms with Crippen molar-refractivity contribution in [1.29, 1.82) is 0 Å². The molecule has 2 nitrogen and oxygen atoms in total. The van der Waals surface area contributed by atoms with Crippen molar-refractivity contribution in [2.24, 2.45) is 17.8 Å². The van der Waals surface area contributed by atoms with Crippen LogP contribution >= 0.6 is 0 Å². The van der Waals surface area contributed by atoms with Crippen LogP contribution in [0.25, 0.3) is 0 Å². The summed E-state index contributed by atoms with van der Waals surface area (Å²) in [6, 6.07) is 0. The van der Waals surface area contributed by atoms with Crippen molar-refractivity contribution < 1.29 is 0 Å². The summed E-state index contributed by atoms with van der Waals surface area (Å²) in [5.74, 6) is 3.26. The minimum absolute atomic E-state index is 0.260. The van der Waals surface area contributed by atoms with Crippen molar-refractivity contribution in [3.8, 4) is 0 Å². The highest BCUT2D eigenvalue weighted by molar-refractivity contribution is 4.96. The Hall–Kier alpha value is -0.0800. The van der Waals surface area contributed by atoms with Crippen LogP contribution in [0.2, 0.25) is 0 Å². The van der Waals surface area contributed by atoms with Gasteiger partial charge in [0.05, 0.1) is 0 Å². The molecular formula is C14H28N2. The molecule has 2 fully saturated rings. The van der Waals surface area contributed by atoms with Gasteiger partial charge in [-0.2, -0.15) is 0 Å². The Balaban J connectivity index is 1.56. The van der Waals surface area contributed by atoms with Gasteiger partial charge in [-0.25, -0.2) is 0 Å². The maximum absolute atomic E-state index is 3.55. The fourth-order valence-corrected chi connectivity index (χ4v) is 3.14. The normalized spacial score (nSPS) is 33.2. The highest BCUT2D eigenvalue weighted by atomic mass is 15.1. The van der Waals surface area contributed by atoms with Crippen LogP contribution in [0.1, 0.15) is 40.0 Å². The van der Waals surface area contributed by atoms with Crippen LogP contribution in [0.4, 0.5) is 0 Å². The van der Waals surface area contributed by atoms with E-state index in [0.29, 0.717) is 0 Å². The average molecular weight is 224 g/mol. The summed E-state index contributed by atoms with van der Waals surface area (Å²) >= 11 is 0. The average Bonchev–Trinajstić information content (AvgIpc) is 2.72. The van der Waals surface area contributed by atoms with Gasteiger partial charge in [0.2, 0.25) is 0 Å². The van der Waals surface area contributed by atoms with E-state index >= 15 is 0 Å². The number of nitrogens with zero attached hydrogens (tertiary/aromatic N) is 1. The van der Waals surface area contributed by atoms with E-state index in [1.54, 1.807) is 6.42 Å². The Labute approximate surface area is 101 Å². The summed E-state index contributed by atoms with van der Waals surface area (Å²) in [5.41, 5.74) is 0.260. The van der Waals surface area contributed by atoms with Crippen LogP contribution in [0, 0.1) is 17.8 Å². The highest BCUT2D eigenvalue weighted by Crippen LogP contribution is 2.54. The maximum atomic E-state index is 3.55. The maximum Gasteiger partial charge on any atom is 0.0104 e. The predicted molar refractivity (Wildman–Crippen MR) is 69.6 cm³/mol. The van der Waals surface area contributed by atoms with Gasteiger partial charge in [0.15, 0.2) is 0 Å². The lowest BCUT2D eigenvalue weighted by Crippen LogP contribution is -2.41. The van der Waals surface area contributed by atoms with E-state index in [1.165, 1.54) is 25.9 Å². The molecule has 0 aromatic heterocycles. The second-order valence-corrected chi connectivity index (χ2v) is 7.03. The number of rotatable bonds is 5. The Morgan fingerprint density at radius 2 is 1.75 bits per heavy atom. The molecule has 0 aliphatic heterocycles. The molecule has 2 saturated carbocycles. The third-order valence-electron chi connectivity index (χ3n) is 4.06. The first-order valence-corrected chi connectivity index (χ1v) is 6.87.